The van der Waals surface area contributed by atoms with Crippen LogP contribution in [0.15, 0.2) is 29.4 Å². The summed E-state index contributed by atoms with van der Waals surface area (Å²) in [6, 6.07) is 7.81. The fourth-order valence-corrected chi connectivity index (χ4v) is 3.01. The fraction of sp³-hybridized carbons (Fsp3) is 0.353. The lowest BCUT2D eigenvalue weighted by molar-refractivity contribution is -0.118. The molecule has 0 aliphatic carbocycles. The molecule has 1 aromatic heterocycles. The zero-order valence-electron chi connectivity index (χ0n) is 13.9. The molecule has 1 N–H and O–H groups in total. The number of carbonyl (C=O) groups is 1. The SMILES string of the molecule is C#CCNC(=O)CSc1nnc(-c2ccc(OC)cc2)n1C(C)C. The third kappa shape index (κ3) is 4.30. The van der Waals surface area contributed by atoms with E-state index in [1.165, 1.54) is 11.8 Å². The quantitative estimate of drug-likeness (QED) is 0.617. The van der Waals surface area contributed by atoms with Crippen LogP contribution in [0.4, 0.5) is 0 Å². The van der Waals surface area contributed by atoms with Crippen molar-refractivity contribution in [3.05, 3.63) is 24.3 Å². The first-order valence-electron chi connectivity index (χ1n) is 7.49. The number of nitrogens with zero attached hydrogens (tertiary/aromatic N) is 3. The van der Waals surface area contributed by atoms with Gasteiger partial charge in [-0.3, -0.25) is 9.36 Å². The van der Waals surface area contributed by atoms with E-state index in [0.29, 0.717) is 5.16 Å². The highest BCUT2D eigenvalue weighted by Crippen LogP contribution is 2.28. The molecule has 24 heavy (non-hydrogen) atoms. The molecule has 0 radical (unpaired) electrons. The van der Waals surface area contributed by atoms with E-state index in [9.17, 15) is 4.79 Å². The van der Waals surface area contributed by atoms with Crippen molar-refractivity contribution in [2.45, 2.75) is 25.0 Å². The number of ether oxygens (including phenoxy) is 1. The minimum absolute atomic E-state index is 0.123. The van der Waals surface area contributed by atoms with E-state index in [1.807, 2.05) is 28.8 Å². The average molecular weight is 344 g/mol. The van der Waals surface area contributed by atoms with Crippen LogP contribution in [0.25, 0.3) is 11.4 Å². The first kappa shape index (κ1) is 17.9. The van der Waals surface area contributed by atoms with Crippen molar-refractivity contribution >= 4 is 17.7 Å². The largest absolute Gasteiger partial charge is 0.497 e. The molecule has 2 rings (SSSR count). The average Bonchev–Trinajstić information content (AvgIpc) is 3.02. The normalized spacial score (nSPS) is 10.5. The zero-order valence-corrected chi connectivity index (χ0v) is 14.8. The Morgan fingerprint density at radius 1 is 1.38 bits per heavy atom. The van der Waals surface area contributed by atoms with Crippen molar-refractivity contribution in [3.8, 4) is 29.5 Å². The van der Waals surface area contributed by atoms with Gasteiger partial charge < -0.3 is 10.1 Å². The number of hydrogen-bond donors (Lipinski definition) is 1. The third-order valence-corrected chi connectivity index (χ3v) is 4.19. The highest BCUT2D eigenvalue weighted by Gasteiger charge is 2.17. The molecule has 0 aliphatic heterocycles. The van der Waals surface area contributed by atoms with Crippen LogP contribution < -0.4 is 10.1 Å². The maximum absolute atomic E-state index is 11.7. The third-order valence-electron chi connectivity index (χ3n) is 3.25. The molecule has 2 aromatic rings. The second kappa shape index (κ2) is 8.41. The minimum Gasteiger partial charge on any atom is -0.497 e. The van der Waals surface area contributed by atoms with Gasteiger partial charge in [0.2, 0.25) is 5.91 Å². The molecule has 1 amide bonds. The number of terminal acetylenes is 1. The number of nitrogens with one attached hydrogen (secondary N) is 1. The molecule has 0 spiro atoms. The summed E-state index contributed by atoms with van der Waals surface area (Å²) in [4.78, 5) is 11.7. The molecule has 0 saturated carbocycles. The van der Waals surface area contributed by atoms with E-state index in [-0.39, 0.29) is 24.2 Å². The highest BCUT2D eigenvalue weighted by molar-refractivity contribution is 7.99. The van der Waals surface area contributed by atoms with E-state index >= 15 is 0 Å². The lowest BCUT2D eigenvalue weighted by Gasteiger charge is -2.13. The van der Waals surface area contributed by atoms with Crippen LogP contribution in [-0.4, -0.2) is 40.1 Å². The fourth-order valence-electron chi connectivity index (χ4n) is 2.11. The molecule has 0 bridgehead atoms. The number of hydrogen-bond acceptors (Lipinski definition) is 5. The summed E-state index contributed by atoms with van der Waals surface area (Å²) >= 11 is 1.34. The first-order chi connectivity index (χ1) is 11.6. The summed E-state index contributed by atoms with van der Waals surface area (Å²) in [6.07, 6.45) is 5.13. The summed E-state index contributed by atoms with van der Waals surface area (Å²) < 4.78 is 7.19. The summed E-state index contributed by atoms with van der Waals surface area (Å²) in [5.41, 5.74) is 0.945. The van der Waals surface area contributed by atoms with Gasteiger partial charge in [0, 0.05) is 11.6 Å². The van der Waals surface area contributed by atoms with Gasteiger partial charge in [0.1, 0.15) is 5.75 Å². The Morgan fingerprint density at radius 3 is 2.67 bits per heavy atom. The van der Waals surface area contributed by atoms with Gasteiger partial charge in [-0.25, -0.2) is 0 Å². The number of aromatic nitrogens is 3. The predicted octanol–water partition coefficient (Wildman–Crippen LogP) is 2.38. The maximum atomic E-state index is 11.7. The van der Waals surface area contributed by atoms with Crippen LogP contribution in [0.1, 0.15) is 19.9 Å². The molecule has 0 atom stereocenters. The Bertz CT molecular complexity index is 732. The van der Waals surface area contributed by atoms with Gasteiger partial charge in [0.25, 0.3) is 0 Å². The molecule has 126 valence electrons. The van der Waals surface area contributed by atoms with Gasteiger partial charge in [-0.15, -0.1) is 16.6 Å². The van der Waals surface area contributed by atoms with Crippen molar-refractivity contribution in [2.24, 2.45) is 0 Å². The van der Waals surface area contributed by atoms with Crippen LogP contribution in [-0.2, 0) is 4.79 Å². The summed E-state index contributed by atoms with van der Waals surface area (Å²) in [7, 11) is 1.63. The number of benzene rings is 1. The van der Waals surface area contributed by atoms with Crippen LogP contribution in [0.3, 0.4) is 0 Å². The second-order valence-electron chi connectivity index (χ2n) is 5.27. The number of carbonyl (C=O) groups excluding carboxylic acids is 1. The van der Waals surface area contributed by atoms with E-state index in [4.69, 9.17) is 11.2 Å². The van der Waals surface area contributed by atoms with Crippen LogP contribution >= 0.6 is 11.8 Å². The van der Waals surface area contributed by atoms with E-state index in [2.05, 4.69) is 35.3 Å². The molecule has 0 fully saturated rings. The highest BCUT2D eigenvalue weighted by atomic mass is 32.2. The molecule has 0 aliphatic rings. The molecule has 6 nitrogen and oxygen atoms in total. The molecular weight excluding hydrogens is 324 g/mol. The maximum Gasteiger partial charge on any atom is 0.231 e. The smallest absolute Gasteiger partial charge is 0.231 e. The van der Waals surface area contributed by atoms with Crippen LogP contribution in [0.2, 0.25) is 0 Å². The Morgan fingerprint density at radius 2 is 2.08 bits per heavy atom. The molecule has 0 saturated heterocycles. The Labute approximate surface area is 146 Å². The number of methoxy groups -OCH3 is 1. The van der Waals surface area contributed by atoms with Crippen molar-refractivity contribution in [3.63, 3.8) is 0 Å². The number of amides is 1. The van der Waals surface area contributed by atoms with E-state index in [1.54, 1.807) is 7.11 Å². The van der Waals surface area contributed by atoms with Crippen LogP contribution in [0, 0.1) is 12.3 Å². The van der Waals surface area contributed by atoms with Gasteiger partial charge in [-0.2, -0.15) is 0 Å². The summed E-state index contributed by atoms with van der Waals surface area (Å²) in [5.74, 6) is 4.05. The Kier molecular flexibility index (Phi) is 6.27. The Balaban J connectivity index is 2.20. The monoisotopic (exact) mass is 344 g/mol. The van der Waals surface area contributed by atoms with Crippen molar-refractivity contribution in [2.75, 3.05) is 19.4 Å². The van der Waals surface area contributed by atoms with Crippen LogP contribution in [0.5, 0.6) is 5.75 Å². The lowest BCUT2D eigenvalue weighted by Crippen LogP contribution is -2.25. The van der Waals surface area contributed by atoms with Crippen molar-refractivity contribution < 1.29 is 9.53 Å². The molecule has 1 aromatic carbocycles. The first-order valence-corrected chi connectivity index (χ1v) is 8.47. The second-order valence-corrected chi connectivity index (χ2v) is 6.21. The minimum atomic E-state index is -0.123. The van der Waals surface area contributed by atoms with Crippen molar-refractivity contribution in [1.29, 1.82) is 0 Å². The van der Waals surface area contributed by atoms with Gasteiger partial charge in [-0.05, 0) is 38.1 Å². The number of rotatable bonds is 7. The lowest BCUT2D eigenvalue weighted by atomic mass is 10.2. The Hall–Kier alpha value is -2.46. The van der Waals surface area contributed by atoms with E-state index in [0.717, 1.165) is 17.1 Å². The van der Waals surface area contributed by atoms with Crippen molar-refractivity contribution in [1.82, 2.24) is 20.1 Å². The predicted molar refractivity (Wildman–Crippen MR) is 95.0 cm³/mol. The van der Waals surface area contributed by atoms with Gasteiger partial charge in [-0.1, -0.05) is 17.7 Å². The van der Waals surface area contributed by atoms with Gasteiger partial charge in [0.05, 0.1) is 19.4 Å². The molecule has 0 unspecified atom stereocenters. The molecule has 7 heteroatoms. The molecular formula is C17H20N4O2S. The zero-order chi connectivity index (χ0) is 17.5. The van der Waals surface area contributed by atoms with Gasteiger partial charge in [0.15, 0.2) is 11.0 Å². The summed E-state index contributed by atoms with van der Waals surface area (Å²) in [6.45, 7) is 4.34. The summed E-state index contributed by atoms with van der Waals surface area (Å²) in [5, 5.41) is 11.9. The topological polar surface area (TPSA) is 69.0 Å². The number of thioether (sulfide) groups is 1. The molecule has 1 heterocycles. The van der Waals surface area contributed by atoms with Gasteiger partial charge >= 0.3 is 0 Å². The standard InChI is InChI=1S/C17H20N4O2S/c1-5-10-18-15(22)11-24-17-20-19-16(21(17)12(2)3)13-6-8-14(23-4)9-7-13/h1,6-9,12H,10-11H2,2-4H3,(H,18,22). The van der Waals surface area contributed by atoms with E-state index < -0.39 is 0 Å².